The number of aromatic carboxylic acids is 1. The molecule has 0 amide bonds. The summed E-state index contributed by atoms with van der Waals surface area (Å²) in [5.74, 6) is -0.133. The van der Waals surface area contributed by atoms with Gasteiger partial charge < -0.3 is 15.4 Å². The quantitative estimate of drug-likeness (QED) is 0.775. The van der Waals surface area contributed by atoms with E-state index in [1.807, 2.05) is 41.8 Å². The van der Waals surface area contributed by atoms with Gasteiger partial charge >= 0.3 is 5.97 Å². The number of para-hydroxylation sites is 2. The smallest absolute Gasteiger partial charge is 0.335 e. The first-order chi connectivity index (χ1) is 10.6. The summed E-state index contributed by atoms with van der Waals surface area (Å²) < 4.78 is 2.04. The number of carbonyl (C=O) groups is 1. The summed E-state index contributed by atoms with van der Waals surface area (Å²) in [4.78, 5) is 15.7. The van der Waals surface area contributed by atoms with E-state index in [0.717, 1.165) is 22.4 Å². The highest BCUT2D eigenvalue weighted by Gasteiger charge is 2.14. The predicted molar refractivity (Wildman–Crippen MR) is 84.8 cm³/mol. The van der Waals surface area contributed by atoms with Crippen LogP contribution in [0, 0.1) is 0 Å². The average Bonchev–Trinajstić information content (AvgIpc) is 2.87. The van der Waals surface area contributed by atoms with Crippen molar-refractivity contribution >= 4 is 17.0 Å². The Morgan fingerprint density at radius 1 is 1.27 bits per heavy atom. The standard InChI is InChI=1S/C17H17N3O2/c1-11(18)16-19-14-7-2-3-8-15(14)20(16)10-12-5-4-6-13(9-12)17(21)22/h2-9,11H,10,18H2,1H3,(H,21,22). The van der Waals surface area contributed by atoms with E-state index < -0.39 is 5.97 Å². The molecule has 0 radical (unpaired) electrons. The number of carboxylic acid groups (broad SMARTS) is 1. The van der Waals surface area contributed by atoms with Crippen LogP contribution in [-0.4, -0.2) is 20.6 Å². The van der Waals surface area contributed by atoms with E-state index in [9.17, 15) is 4.79 Å². The van der Waals surface area contributed by atoms with Gasteiger partial charge in [0.05, 0.1) is 22.6 Å². The summed E-state index contributed by atoms with van der Waals surface area (Å²) >= 11 is 0. The Balaban J connectivity index is 2.08. The first kappa shape index (κ1) is 14.3. The number of hydrogen-bond donors (Lipinski definition) is 2. The molecule has 0 fully saturated rings. The number of carboxylic acids is 1. The first-order valence-electron chi connectivity index (χ1n) is 7.09. The maximum absolute atomic E-state index is 11.1. The van der Waals surface area contributed by atoms with Crippen molar-refractivity contribution in [2.75, 3.05) is 0 Å². The normalized spacial score (nSPS) is 12.5. The number of nitrogens with zero attached hydrogens (tertiary/aromatic N) is 2. The van der Waals surface area contributed by atoms with Crippen LogP contribution in [0.1, 0.15) is 34.7 Å². The molecule has 0 saturated heterocycles. The highest BCUT2D eigenvalue weighted by molar-refractivity contribution is 5.87. The zero-order valence-corrected chi connectivity index (χ0v) is 12.2. The predicted octanol–water partition coefficient (Wildman–Crippen LogP) is 2.80. The summed E-state index contributed by atoms with van der Waals surface area (Å²) in [6, 6.07) is 14.6. The second-order valence-corrected chi connectivity index (χ2v) is 5.34. The topological polar surface area (TPSA) is 81.1 Å². The van der Waals surface area contributed by atoms with Gasteiger partial charge in [0.15, 0.2) is 0 Å². The lowest BCUT2D eigenvalue weighted by Gasteiger charge is -2.12. The largest absolute Gasteiger partial charge is 0.478 e. The van der Waals surface area contributed by atoms with Gasteiger partial charge in [-0.05, 0) is 36.8 Å². The molecule has 112 valence electrons. The number of imidazole rings is 1. The van der Waals surface area contributed by atoms with Crippen LogP contribution in [0.3, 0.4) is 0 Å². The minimum Gasteiger partial charge on any atom is -0.478 e. The molecular formula is C17H17N3O2. The summed E-state index contributed by atoms with van der Waals surface area (Å²) in [6.45, 7) is 2.43. The first-order valence-corrected chi connectivity index (χ1v) is 7.09. The number of aromatic nitrogens is 2. The van der Waals surface area contributed by atoms with E-state index in [1.54, 1.807) is 18.2 Å². The lowest BCUT2D eigenvalue weighted by atomic mass is 10.1. The number of rotatable bonds is 4. The summed E-state index contributed by atoms with van der Waals surface area (Å²) in [5.41, 5.74) is 9.11. The van der Waals surface area contributed by atoms with Crippen molar-refractivity contribution in [1.82, 2.24) is 9.55 Å². The van der Waals surface area contributed by atoms with Crippen LogP contribution < -0.4 is 5.73 Å². The average molecular weight is 295 g/mol. The van der Waals surface area contributed by atoms with Gasteiger partial charge in [0.1, 0.15) is 5.82 Å². The zero-order valence-electron chi connectivity index (χ0n) is 12.2. The van der Waals surface area contributed by atoms with Gasteiger partial charge in [-0.25, -0.2) is 9.78 Å². The molecule has 1 atom stereocenters. The van der Waals surface area contributed by atoms with Crippen LogP contribution in [-0.2, 0) is 6.54 Å². The molecule has 1 aromatic heterocycles. The van der Waals surface area contributed by atoms with E-state index in [-0.39, 0.29) is 11.6 Å². The summed E-state index contributed by atoms with van der Waals surface area (Å²) in [7, 11) is 0. The lowest BCUT2D eigenvalue weighted by Crippen LogP contribution is -2.14. The van der Waals surface area contributed by atoms with Crippen molar-refractivity contribution in [2.45, 2.75) is 19.5 Å². The van der Waals surface area contributed by atoms with E-state index >= 15 is 0 Å². The maximum Gasteiger partial charge on any atom is 0.335 e. The van der Waals surface area contributed by atoms with Crippen molar-refractivity contribution < 1.29 is 9.90 Å². The number of fused-ring (bicyclic) bond motifs is 1. The van der Waals surface area contributed by atoms with Gasteiger partial charge in [0, 0.05) is 6.54 Å². The Morgan fingerprint density at radius 3 is 2.77 bits per heavy atom. The van der Waals surface area contributed by atoms with E-state index in [1.165, 1.54) is 0 Å². The second-order valence-electron chi connectivity index (χ2n) is 5.34. The lowest BCUT2D eigenvalue weighted by molar-refractivity contribution is 0.0696. The fourth-order valence-corrected chi connectivity index (χ4v) is 2.59. The van der Waals surface area contributed by atoms with Gasteiger partial charge in [-0.1, -0.05) is 24.3 Å². The van der Waals surface area contributed by atoms with Gasteiger partial charge in [0.25, 0.3) is 0 Å². The third-order valence-corrected chi connectivity index (χ3v) is 3.61. The van der Waals surface area contributed by atoms with E-state index in [0.29, 0.717) is 6.54 Å². The molecule has 3 N–H and O–H groups in total. The molecule has 3 rings (SSSR count). The molecule has 22 heavy (non-hydrogen) atoms. The molecule has 3 aromatic rings. The fourth-order valence-electron chi connectivity index (χ4n) is 2.59. The minimum atomic E-state index is -0.926. The van der Waals surface area contributed by atoms with Crippen LogP contribution in [0.4, 0.5) is 0 Å². The molecule has 0 aliphatic carbocycles. The van der Waals surface area contributed by atoms with Gasteiger partial charge in [0.2, 0.25) is 0 Å². The Kier molecular flexibility index (Phi) is 3.65. The Morgan fingerprint density at radius 2 is 2.05 bits per heavy atom. The van der Waals surface area contributed by atoms with Crippen LogP contribution in [0.2, 0.25) is 0 Å². The van der Waals surface area contributed by atoms with Crippen molar-refractivity contribution in [3.05, 3.63) is 65.5 Å². The van der Waals surface area contributed by atoms with E-state index in [4.69, 9.17) is 10.8 Å². The number of benzene rings is 2. The third kappa shape index (κ3) is 2.58. The third-order valence-electron chi connectivity index (χ3n) is 3.61. The fraction of sp³-hybridized carbons (Fsp3) is 0.176. The molecule has 0 aliphatic rings. The SMILES string of the molecule is CC(N)c1nc2ccccc2n1Cc1cccc(C(=O)O)c1. The number of hydrogen-bond acceptors (Lipinski definition) is 3. The highest BCUT2D eigenvalue weighted by atomic mass is 16.4. The van der Waals surface area contributed by atoms with E-state index in [2.05, 4.69) is 4.98 Å². The van der Waals surface area contributed by atoms with Gasteiger partial charge in [-0.15, -0.1) is 0 Å². The van der Waals surface area contributed by atoms with Crippen LogP contribution in [0.5, 0.6) is 0 Å². The van der Waals surface area contributed by atoms with Crippen molar-refractivity contribution in [1.29, 1.82) is 0 Å². The van der Waals surface area contributed by atoms with Gasteiger partial charge in [-0.2, -0.15) is 0 Å². The molecule has 2 aromatic carbocycles. The molecule has 5 heteroatoms. The van der Waals surface area contributed by atoms with Crippen LogP contribution >= 0.6 is 0 Å². The second kappa shape index (κ2) is 5.61. The molecule has 1 unspecified atom stereocenters. The van der Waals surface area contributed by atoms with Crippen LogP contribution in [0.25, 0.3) is 11.0 Å². The Labute approximate surface area is 128 Å². The minimum absolute atomic E-state index is 0.199. The zero-order chi connectivity index (χ0) is 15.7. The molecule has 0 spiro atoms. The monoisotopic (exact) mass is 295 g/mol. The van der Waals surface area contributed by atoms with Crippen molar-refractivity contribution in [3.8, 4) is 0 Å². The highest BCUT2D eigenvalue weighted by Crippen LogP contribution is 2.21. The molecule has 0 saturated carbocycles. The Bertz CT molecular complexity index is 837. The van der Waals surface area contributed by atoms with Crippen molar-refractivity contribution in [3.63, 3.8) is 0 Å². The van der Waals surface area contributed by atoms with Crippen molar-refractivity contribution in [2.24, 2.45) is 5.73 Å². The molecule has 0 aliphatic heterocycles. The molecule has 1 heterocycles. The maximum atomic E-state index is 11.1. The molecular weight excluding hydrogens is 278 g/mol. The summed E-state index contributed by atoms with van der Waals surface area (Å²) in [5, 5.41) is 9.11. The number of nitrogens with two attached hydrogens (primary N) is 1. The Hall–Kier alpha value is -2.66. The van der Waals surface area contributed by atoms with Gasteiger partial charge in [-0.3, -0.25) is 0 Å². The molecule has 0 bridgehead atoms. The molecule has 5 nitrogen and oxygen atoms in total. The van der Waals surface area contributed by atoms with Crippen LogP contribution in [0.15, 0.2) is 48.5 Å². The summed E-state index contributed by atoms with van der Waals surface area (Å²) in [6.07, 6.45) is 0.